The molecule has 0 aliphatic heterocycles. The van der Waals surface area contributed by atoms with Crippen molar-refractivity contribution in [2.24, 2.45) is 0 Å². The molecule has 1 N–H and O–H groups in total. The molecule has 2 unspecified atom stereocenters. The van der Waals surface area contributed by atoms with Crippen molar-refractivity contribution in [1.82, 2.24) is 4.90 Å². The molecular weight excluding hydrogens is 286 g/mol. The lowest BCUT2D eigenvalue weighted by molar-refractivity contribution is 0.0945. The molecule has 0 bridgehead atoms. The molecule has 0 aliphatic carbocycles. The number of likely N-dealkylation sites (N-methyl/N-ethyl adjacent to an activating group) is 1. The van der Waals surface area contributed by atoms with Gasteiger partial charge >= 0.3 is 0 Å². The van der Waals surface area contributed by atoms with E-state index in [0.29, 0.717) is 13.0 Å². The Morgan fingerprint density at radius 1 is 1.09 bits per heavy atom. The molecule has 2 aromatic rings. The number of ether oxygens (including phenoxy) is 1. The van der Waals surface area contributed by atoms with Crippen molar-refractivity contribution in [3.05, 3.63) is 65.7 Å². The maximum Gasteiger partial charge on any atom is 0.119 e. The Bertz CT molecular complexity index is 585. The summed E-state index contributed by atoms with van der Waals surface area (Å²) in [6, 6.07) is 18.5. The Morgan fingerprint density at radius 2 is 1.83 bits per heavy atom. The lowest BCUT2D eigenvalue weighted by atomic mass is 10.0. The van der Waals surface area contributed by atoms with Crippen LogP contribution in [0.3, 0.4) is 0 Å². The number of aliphatic hydroxyl groups excluding tert-OH is 1. The minimum Gasteiger partial charge on any atom is -0.497 e. The van der Waals surface area contributed by atoms with Crippen LogP contribution in [0.1, 0.15) is 31.0 Å². The van der Waals surface area contributed by atoms with E-state index in [0.717, 1.165) is 12.3 Å². The molecule has 0 saturated heterocycles. The normalized spacial score (nSPS) is 13.8. The zero-order chi connectivity index (χ0) is 16.7. The molecule has 3 nitrogen and oxygen atoms in total. The van der Waals surface area contributed by atoms with Gasteiger partial charge in [-0.15, -0.1) is 0 Å². The molecular formula is C20H27NO2. The van der Waals surface area contributed by atoms with Crippen molar-refractivity contribution in [2.45, 2.75) is 32.4 Å². The number of rotatable bonds is 8. The van der Waals surface area contributed by atoms with Crippen LogP contribution in [-0.2, 0) is 6.42 Å². The van der Waals surface area contributed by atoms with Crippen LogP contribution in [0, 0.1) is 0 Å². The molecule has 2 rings (SSSR count). The molecule has 0 spiro atoms. The summed E-state index contributed by atoms with van der Waals surface area (Å²) in [5.74, 6) is 0.871. The van der Waals surface area contributed by atoms with Crippen LogP contribution in [0.15, 0.2) is 54.6 Å². The van der Waals surface area contributed by atoms with Crippen molar-refractivity contribution >= 4 is 0 Å². The van der Waals surface area contributed by atoms with Crippen LogP contribution >= 0.6 is 0 Å². The van der Waals surface area contributed by atoms with Gasteiger partial charge in [0.25, 0.3) is 0 Å². The minimum absolute atomic E-state index is 0.237. The molecule has 2 aromatic carbocycles. The van der Waals surface area contributed by atoms with E-state index in [-0.39, 0.29) is 12.1 Å². The number of methoxy groups -OCH3 is 1. The van der Waals surface area contributed by atoms with E-state index in [4.69, 9.17) is 4.74 Å². The Hall–Kier alpha value is -1.84. The van der Waals surface area contributed by atoms with E-state index in [9.17, 15) is 5.11 Å². The average molecular weight is 313 g/mol. The second-order valence-corrected chi connectivity index (χ2v) is 5.88. The first-order valence-corrected chi connectivity index (χ1v) is 8.24. The third-order valence-electron chi connectivity index (χ3n) is 4.29. The fraction of sp³-hybridized carbons (Fsp3) is 0.400. The van der Waals surface area contributed by atoms with Crippen LogP contribution in [0.25, 0.3) is 0 Å². The summed E-state index contributed by atoms with van der Waals surface area (Å²) in [6.07, 6.45) is 0.313. The van der Waals surface area contributed by atoms with Gasteiger partial charge in [0, 0.05) is 12.6 Å². The summed E-state index contributed by atoms with van der Waals surface area (Å²) in [5, 5.41) is 10.4. The lowest BCUT2D eigenvalue weighted by Crippen LogP contribution is -2.35. The van der Waals surface area contributed by atoms with Crippen molar-refractivity contribution in [1.29, 1.82) is 0 Å². The molecule has 0 aliphatic rings. The number of hydrogen-bond donors (Lipinski definition) is 1. The van der Waals surface area contributed by atoms with E-state index < -0.39 is 0 Å². The van der Waals surface area contributed by atoms with E-state index in [1.165, 1.54) is 11.1 Å². The first-order chi connectivity index (χ1) is 11.1. The lowest BCUT2D eigenvalue weighted by Gasteiger charge is -2.30. The first-order valence-electron chi connectivity index (χ1n) is 8.24. The molecule has 0 radical (unpaired) electrons. The van der Waals surface area contributed by atoms with Crippen molar-refractivity contribution in [3.63, 3.8) is 0 Å². The summed E-state index contributed by atoms with van der Waals surface area (Å²) in [5.41, 5.74) is 2.38. The Kier molecular flexibility index (Phi) is 6.63. The summed E-state index contributed by atoms with van der Waals surface area (Å²) in [7, 11) is 1.69. The fourth-order valence-corrected chi connectivity index (χ4v) is 2.89. The molecule has 124 valence electrons. The summed E-state index contributed by atoms with van der Waals surface area (Å²) < 4.78 is 5.31. The maximum atomic E-state index is 10.4. The van der Waals surface area contributed by atoms with Gasteiger partial charge < -0.3 is 9.84 Å². The Labute approximate surface area is 139 Å². The van der Waals surface area contributed by atoms with Gasteiger partial charge in [-0.05, 0) is 43.1 Å². The summed E-state index contributed by atoms with van der Waals surface area (Å²) in [6.45, 7) is 5.85. The minimum atomic E-state index is -0.370. The SMILES string of the molecule is CCN(CC(O)Cc1ccccc1)C(C)c1cccc(OC)c1. The number of benzene rings is 2. The highest BCUT2D eigenvalue weighted by Crippen LogP contribution is 2.24. The summed E-state index contributed by atoms with van der Waals surface area (Å²) >= 11 is 0. The van der Waals surface area contributed by atoms with Crippen molar-refractivity contribution < 1.29 is 9.84 Å². The topological polar surface area (TPSA) is 32.7 Å². The zero-order valence-electron chi connectivity index (χ0n) is 14.3. The van der Waals surface area contributed by atoms with Crippen molar-refractivity contribution in [2.75, 3.05) is 20.2 Å². The first kappa shape index (κ1) is 17.5. The standard InChI is InChI=1S/C20H27NO2/c1-4-21(15-19(22)13-17-9-6-5-7-10-17)16(2)18-11-8-12-20(14-18)23-3/h5-12,14,16,19,22H,4,13,15H2,1-3H3. The average Bonchev–Trinajstić information content (AvgIpc) is 2.60. The Morgan fingerprint density at radius 3 is 2.48 bits per heavy atom. The van der Waals surface area contributed by atoms with Gasteiger partial charge in [-0.3, -0.25) is 4.90 Å². The molecule has 3 heteroatoms. The fourth-order valence-electron chi connectivity index (χ4n) is 2.89. The highest BCUT2D eigenvalue weighted by atomic mass is 16.5. The highest BCUT2D eigenvalue weighted by Gasteiger charge is 2.18. The van der Waals surface area contributed by atoms with Gasteiger partial charge in [0.15, 0.2) is 0 Å². The van der Waals surface area contributed by atoms with Gasteiger partial charge in [0.05, 0.1) is 13.2 Å². The molecule has 0 fully saturated rings. The van der Waals surface area contributed by atoms with Crippen LogP contribution in [0.5, 0.6) is 5.75 Å². The summed E-state index contributed by atoms with van der Waals surface area (Å²) in [4.78, 5) is 2.29. The van der Waals surface area contributed by atoms with Gasteiger partial charge in [-0.1, -0.05) is 49.4 Å². The number of hydrogen-bond acceptors (Lipinski definition) is 3. The van der Waals surface area contributed by atoms with E-state index in [1.54, 1.807) is 7.11 Å². The van der Waals surface area contributed by atoms with E-state index in [2.05, 4.69) is 43.0 Å². The third kappa shape index (κ3) is 5.08. The Balaban J connectivity index is 2.00. The van der Waals surface area contributed by atoms with Crippen LogP contribution in [0.4, 0.5) is 0 Å². The predicted molar refractivity (Wildman–Crippen MR) is 94.8 cm³/mol. The maximum absolute atomic E-state index is 10.4. The third-order valence-corrected chi connectivity index (χ3v) is 4.29. The molecule has 0 aromatic heterocycles. The van der Waals surface area contributed by atoms with Gasteiger partial charge in [-0.25, -0.2) is 0 Å². The zero-order valence-corrected chi connectivity index (χ0v) is 14.3. The predicted octanol–water partition coefficient (Wildman–Crippen LogP) is 3.68. The van der Waals surface area contributed by atoms with Crippen LogP contribution in [-0.4, -0.2) is 36.3 Å². The second kappa shape index (κ2) is 8.70. The van der Waals surface area contributed by atoms with Gasteiger partial charge in [-0.2, -0.15) is 0 Å². The second-order valence-electron chi connectivity index (χ2n) is 5.88. The quantitative estimate of drug-likeness (QED) is 0.807. The van der Waals surface area contributed by atoms with Crippen molar-refractivity contribution in [3.8, 4) is 5.75 Å². The smallest absolute Gasteiger partial charge is 0.119 e. The number of aliphatic hydroxyl groups is 1. The molecule has 23 heavy (non-hydrogen) atoms. The molecule has 0 heterocycles. The van der Waals surface area contributed by atoms with Crippen LogP contribution < -0.4 is 4.74 Å². The monoisotopic (exact) mass is 313 g/mol. The van der Waals surface area contributed by atoms with Crippen LogP contribution in [0.2, 0.25) is 0 Å². The molecule has 0 saturated carbocycles. The largest absolute Gasteiger partial charge is 0.497 e. The molecule has 2 atom stereocenters. The number of nitrogens with zero attached hydrogens (tertiary/aromatic N) is 1. The van der Waals surface area contributed by atoms with Gasteiger partial charge in [0.2, 0.25) is 0 Å². The highest BCUT2D eigenvalue weighted by molar-refractivity contribution is 5.30. The van der Waals surface area contributed by atoms with E-state index in [1.807, 2.05) is 30.3 Å². The van der Waals surface area contributed by atoms with E-state index >= 15 is 0 Å². The van der Waals surface area contributed by atoms with Gasteiger partial charge in [0.1, 0.15) is 5.75 Å². The molecule has 0 amide bonds.